The van der Waals surface area contributed by atoms with Crippen molar-refractivity contribution in [3.05, 3.63) is 35.9 Å². The van der Waals surface area contributed by atoms with Gasteiger partial charge in [-0.25, -0.2) is 0 Å². The number of likely N-dealkylation sites (tertiary alicyclic amines) is 2. The van der Waals surface area contributed by atoms with Crippen LogP contribution in [0.25, 0.3) is 0 Å². The molecule has 1 amide bonds. The van der Waals surface area contributed by atoms with E-state index in [2.05, 4.69) is 50.9 Å². The number of aliphatic imine (C=N–C) groups is 1. The first-order valence-corrected chi connectivity index (χ1v) is 12.2. The van der Waals surface area contributed by atoms with E-state index in [4.69, 9.17) is 0 Å². The van der Waals surface area contributed by atoms with Gasteiger partial charge < -0.3 is 15.5 Å². The molecule has 1 unspecified atom stereocenters. The molecule has 3 aliphatic rings. The van der Waals surface area contributed by atoms with Gasteiger partial charge in [-0.15, -0.1) is 0 Å². The quantitative estimate of drug-likeness (QED) is 0.543. The Morgan fingerprint density at radius 2 is 1.77 bits per heavy atom. The first kappa shape index (κ1) is 22.1. The van der Waals surface area contributed by atoms with E-state index in [0.29, 0.717) is 18.5 Å². The molecule has 2 aliphatic heterocycles. The Balaban J connectivity index is 1.15. The van der Waals surface area contributed by atoms with Crippen molar-refractivity contribution in [2.45, 2.75) is 63.5 Å². The Hall–Kier alpha value is -2.08. The van der Waals surface area contributed by atoms with Crippen LogP contribution >= 0.6 is 0 Å². The molecule has 0 aromatic heterocycles. The molecule has 6 nitrogen and oxygen atoms in total. The SMILES string of the molecule is CN=C(NCC(=O)N1CCC(Cc2ccccc2)CC1)NC1CCN(C2CCCC2)C1. The van der Waals surface area contributed by atoms with Crippen LogP contribution in [0.2, 0.25) is 0 Å². The number of rotatable bonds is 6. The van der Waals surface area contributed by atoms with Gasteiger partial charge in [-0.2, -0.15) is 0 Å². The lowest BCUT2D eigenvalue weighted by atomic mass is 9.90. The average Bonchev–Trinajstić information content (AvgIpc) is 3.50. The Bertz CT molecular complexity index is 723. The highest BCUT2D eigenvalue weighted by Gasteiger charge is 2.30. The lowest BCUT2D eigenvalue weighted by Crippen LogP contribution is -2.49. The number of hydrogen-bond donors (Lipinski definition) is 2. The molecule has 3 fully saturated rings. The summed E-state index contributed by atoms with van der Waals surface area (Å²) in [5, 5.41) is 6.80. The Morgan fingerprint density at radius 3 is 2.48 bits per heavy atom. The third-order valence-corrected chi connectivity index (χ3v) is 7.37. The van der Waals surface area contributed by atoms with E-state index in [-0.39, 0.29) is 5.91 Å². The molecule has 4 rings (SSSR count). The van der Waals surface area contributed by atoms with Crippen LogP contribution in [-0.2, 0) is 11.2 Å². The molecule has 2 saturated heterocycles. The van der Waals surface area contributed by atoms with Crippen molar-refractivity contribution in [2.24, 2.45) is 10.9 Å². The van der Waals surface area contributed by atoms with Crippen molar-refractivity contribution in [1.29, 1.82) is 0 Å². The van der Waals surface area contributed by atoms with Crippen LogP contribution in [0.4, 0.5) is 0 Å². The average molecular weight is 426 g/mol. The molecule has 6 heteroatoms. The summed E-state index contributed by atoms with van der Waals surface area (Å²) in [5.74, 6) is 1.62. The molecule has 1 aromatic carbocycles. The van der Waals surface area contributed by atoms with Crippen molar-refractivity contribution in [1.82, 2.24) is 20.4 Å². The Morgan fingerprint density at radius 1 is 1.03 bits per heavy atom. The number of carbonyl (C=O) groups excluding carboxylic acids is 1. The zero-order chi connectivity index (χ0) is 21.5. The molecule has 2 heterocycles. The maximum Gasteiger partial charge on any atom is 0.241 e. The van der Waals surface area contributed by atoms with Gasteiger partial charge in [-0.3, -0.25) is 14.7 Å². The summed E-state index contributed by atoms with van der Waals surface area (Å²) < 4.78 is 0. The minimum Gasteiger partial charge on any atom is -0.352 e. The molecule has 1 aromatic rings. The van der Waals surface area contributed by atoms with Gasteiger partial charge in [0.15, 0.2) is 5.96 Å². The summed E-state index contributed by atoms with van der Waals surface area (Å²) in [6, 6.07) is 11.9. The van der Waals surface area contributed by atoms with Gasteiger partial charge >= 0.3 is 0 Å². The van der Waals surface area contributed by atoms with Gasteiger partial charge in [0.1, 0.15) is 0 Å². The molecule has 0 spiro atoms. The van der Waals surface area contributed by atoms with Crippen LogP contribution in [-0.4, -0.2) is 73.5 Å². The van der Waals surface area contributed by atoms with Crippen molar-refractivity contribution in [3.8, 4) is 0 Å². The number of guanidine groups is 1. The number of benzene rings is 1. The predicted octanol–water partition coefficient (Wildman–Crippen LogP) is 2.65. The first-order chi connectivity index (χ1) is 15.2. The lowest BCUT2D eigenvalue weighted by molar-refractivity contribution is -0.131. The second-order valence-corrected chi connectivity index (χ2v) is 9.50. The van der Waals surface area contributed by atoms with Gasteiger partial charge in [0, 0.05) is 45.3 Å². The fourth-order valence-electron chi connectivity index (χ4n) is 5.50. The predicted molar refractivity (Wildman–Crippen MR) is 126 cm³/mol. The van der Waals surface area contributed by atoms with E-state index < -0.39 is 0 Å². The van der Waals surface area contributed by atoms with Crippen LogP contribution in [0.3, 0.4) is 0 Å². The highest BCUT2D eigenvalue weighted by molar-refractivity contribution is 5.86. The van der Waals surface area contributed by atoms with Crippen molar-refractivity contribution in [2.75, 3.05) is 39.8 Å². The third kappa shape index (κ3) is 6.22. The molecule has 0 radical (unpaired) electrons. The van der Waals surface area contributed by atoms with Crippen LogP contribution < -0.4 is 10.6 Å². The second kappa shape index (κ2) is 11.0. The van der Waals surface area contributed by atoms with E-state index in [1.807, 2.05) is 4.90 Å². The topological polar surface area (TPSA) is 60.0 Å². The van der Waals surface area contributed by atoms with Crippen LogP contribution in [0.5, 0.6) is 0 Å². The van der Waals surface area contributed by atoms with Crippen molar-refractivity contribution < 1.29 is 4.79 Å². The van der Waals surface area contributed by atoms with Gasteiger partial charge in [-0.1, -0.05) is 43.2 Å². The van der Waals surface area contributed by atoms with Crippen LogP contribution in [0, 0.1) is 5.92 Å². The maximum absolute atomic E-state index is 12.7. The lowest BCUT2D eigenvalue weighted by Gasteiger charge is -2.32. The summed E-state index contributed by atoms with van der Waals surface area (Å²) in [5.41, 5.74) is 1.40. The standard InChI is InChI=1S/C25H39N5O/c1-26-25(28-22-13-16-30(19-22)23-9-5-6-10-23)27-18-24(31)29-14-11-21(12-15-29)17-20-7-3-2-4-8-20/h2-4,7-8,21-23H,5-6,9-19H2,1H3,(H2,26,27,28). The summed E-state index contributed by atoms with van der Waals surface area (Å²) in [4.78, 5) is 21.7. The minimum atomic E-state index is 0.181. The molecule has 2 N–H and O–H groups in total. The largest absolute Gasteiger partial charge is 0.352 e. The van der Waals surface area contributed by atoms with Crippen molar-refractivity contribution in [3.63, 3.8) is 0 Å². The summed E-state index contributed by atoms with van der Waals surface area (Å²) in [6.45, 7) is 4.32. The zero-order valence-electron chi connectivity index (χ0n) is 19.1. The first-order valence-electron chi connectivity index (χ1n) is 12.2. The minimum absolute atomic E-state index is 0.181. The fraction of sp³-hybridized carbons (Fsp3) is 0.680. The number of nitrogens with one attached hydrogen (secondary N) is 2. The van der Waals surface area contributed by atoms with E-state index >= 15 is 0 Å². The third-order valence-electron chi connectivity index (χ3n) is 7.37. The number of nitrogens with zero attached hydrogens (tertiary/aromatic N) is 3. The van der Waals surface area contributed by atoms with E-state index in [1.165, 1.54) is 37.8 Å². The fourth-order valence-corrected chi connectivity index (χ4v) is 5.50. The van der Waals surface area contributed by atoms with Gasteiger partial charge in [-0.05, 0) is 50.0 Å². The number of amides is 1. The van der Waals surface area contributed by atoms with Crippen molar-refractivity contribution >= 4 is 11.9 Å². The van der Waals surface area contributed by atoms with Gasteiger partial charge in [0.05, 0.1) is 6.54 Å². The number of hydrogen-bond acceptors (Lipinski definition) is 3. The second-order valence-electron chi connectivity index (χ2n) is 9.50. The monoisotopic (exact) mass is 425 g/mol. The normalized spacial score (nSPS) is 24.0. The number of piperidine rings is 1. The molecular weight excluding hydrogens is 386 g/mol. The molecule has 1 atom stereocenters. The van der Waals surface area contributed by atoms with Crippen LogP contribution in [0.1, 0.15) is 50.5 Å². The molecule has 1 saturated carbocycles. The van der Waals surface area contributed by atoms with E-state index in [9.17, 15) is 4.79 Å². The summed E-state index contributed by atoms with van der Waals surface area (Å²) in [6.07, 6.45) is 9.94. The zero-order valence-corrected chi connectivity index (χ0v) is 19.1. The number of carbonyl (C=O) groups is 1. The summed E-state index contributed by atoms with van der Waals surface area (Å²) >= 11 is 0. The molecule has 1 aliphatic carbocycles. The summed E-state index contributed by atoms with van der Waals surface area (Å²) in [7, 11) is 1.79. The van der Waals surface area contributed by atoms with Gasteiger partial charge in [0.25, 0.3) is 0 Å². The van der Waals surface area contributed by atoms with Crippen LogP contribution in [0.15, 0.2) is 35.3 Å². The smallest absolute Gasteiger partial charge is 0.241 e. The van der Waals surface area contributed by atoms with Gasteiger partial charge in [0.2, 0.25) is 5.91 Å². The molecule has 31 heavy (non-hydrogen) atoms. The molecular formula is C25H39N5O. The molecule has 0 bridgehead atoms. The van der Waals surface area contributed by atoms with E-state index in [0.717, 1.165) is 57.3 Å². The Labute approximate surface area is 187 Å². The molecule has 170 valence electrons. The Kier molecular flexibility index (Phi) is 7.84. The highest BCUT2D eigenvalue weighted by Crippen LogP contribution is 2.26. The maximum atomic E-state index is 12.7. The van der Waals surface area contributed by atoms with E-state index in [1.54, 1.807) is 7.05 Å². The highest BCUT2D eigenvalue weighted by atomic mass is 16.2.